The van der Waals surface area contributed by atoms with Gasteiger partial charge in [0.25, 0.3) is 0 Å². The quantitative estimate of drug-likeness (QED) is 0.580. The van der Waals surface area contributed by atoms with Crippen LogP contribution in [0.4, 0.5) is 11.6 Å². The summed E-state index contributed by atoms with van der Waals surface area (Å²) in [4.78, 5) is 8.62. The zero-order chi connectivity index (χ0) is 18.1. The summed E-state index contributed by atoms with van der Waals surface area (Å²) in [6.07, 6.45) is 5.30. The van der Waals surface area contributed by atoms with Gasteiger partial charge in [0.1, 0.15) is 17.7 Å². The lowest BCUT2D eigenvalue weighted by Crippen LogP contribution is -2.01. The number of hydrogen-bond donors (Lipinski definition) is 1. The number of nitrogens with zero attached hydrogens (tertiary/aromatic N) is 5. The Morgan fingerprint density at radius 1 is 1.12 bits per heavy atom. The minimum Gasteiger partial charge on any atom is -0.493 e. The summed E-state index contributed by atoms with van der Waals surface area (Å²) < 4.78 is 14.3. The van der Waals surface area contributed by atoms with Gasteiger partial charge in [0.2, 0.25) is 5.28 Å². The molecular formula is C17H15ClN6O2. The molecule has 0 aliphatic carbocycles. The first-order chi connectivity index (χ1) is 12.7. The van der Waals surface area contributed by atoms with Crippen molar-refractivity contribution in [3.63, 3.8) is 0 Å². The molecule has 0 saturated carbocycles. The predicted octanol–water partition coefficient (Wildman–Crippen LogP) is 3.33. The van der Waals surface area contributed by atoms with E-state index in [1.807, 2.05) is 41.1 Å². The summed E-state index contributed by atoms with van der Waals surface area (Å²) in [5, 5.41) is 7.42. The molecule has 9 heteroatoms. The number of rotatable bonds is 5. The van der Waals surface area contributed by atoms with E-state index in [9.17, 15) is 0 Å². The SMILES string of the molecule is COc1cccc(-n2cnc(Nc3nc(Cl)nn4cccc34)c2)c1OC. The number of ether oxygens (including phenoxy) is 2. The normalized spacial score (nSPS) is 10.9. The van der Waals surface area contributed by atoms with Gasteiger partial charge in [0, 0.05) is 6.20 Å². The molecule has 0 atom stereocenters. The maximum Gasteiger partial charge on any atom is 0.243 e. The van der Waals surface area contributed by atoms with E-state index in [2.05, 4.69) is 20.4 Å². The Labute approximate surface area is 154 Å². The first kappa shape index (κ1) is 16.2. The van der Waals surface area contributed by atoms with Crippen molar-refractivity contribution >= 4 is 28.8 Å². The molecule has 0 amide bonds. The van der Waals surface area contributed by atoms with Crippen LogP contribution < -0.4 is 14.8 Å². The second kappa shape index (κ2) is 6.57. The van der Waals surface area contributed by atoms with Crippen LogP contribution in [-0.4, -0.2) is 38.4 Å². The second-order valence-corrected chi connectivity index (χ2v) is 5.71. The van der Waals surface area contributed by atoms with Crippen LogP contribution >= 0.6 is 11.6 Å². The van der Waals surface area contributed by atoms with Crippen LogP contribution in [0, 0.1) is 0 Å². The molecule has 1 N–H and O–H groups in total. The van der Waals surface area contributed by atoms with Crippen LogP contribution in [0.5, 0.6) is 11.5 Å². The molecule has 0 aliphatic rings. The number of aromatic nitrogens is 5. The third kappa shape index (κ3) is 2.80. The molecule has 0 unspecified atom stereocenters. The van der Waals surface area contributed by atoms with Crippen LogP contribution in [0.3, 0.4) is 0 Å². The molecule has 3 heterocycles. The van der Waals surface area contributed by atoms with E-state index in [0.29, 0.717) is 23.1 Å². The van der Waals surface area contributed by atoms with E-state index in [1.54, 1.807) is 31.3 Å². The van der Waals surface area contributed by atoms with Crippen LogP contribution in [-0.2, 0) is 0 Å². The predicted molar refractivity (Wildman–Crippen MR) is 97.9 cm³/mol. The molecule has 0 spiro atoms. The summed E-state index contributed by atoms with van der Waals surface area (Å²) in [5.74, 6) is 2.44. The van der Waals surface area contributed by atoms with Crippen molar-refractivity contribution < 1.29 is 9.47 Å². The third-order valence-electron chi connectivity index (χ3n) is 3.85. The lowest BCUT2D eigenvalue weighted by atomic mass is 10.2. The topological polar surface area (TPSA) is 78.5 Å². The lowest BCUT2D eigenvalue weighted by molar-refractivity contribution is 0.354. The second-order valence-electron chi connectivity index (χ2n) is 5.37. The first-order valence-corrected chi connectivity index (χ1v) is 8.10. The Balaban J connectivity index is 1.70. The van der Waals surface area contributed by atoms with Gasteiger partial charge < -0.3 is 19.4 Å². The fourth-order valence-electron chi connectivity index (χ4n) is 2.71. The molecule has 0 aliphatic heterocycles. The Bertz CT molecular complexity index is 1070. The van der Waals surface area contributed by atoms with Gasteiger partial charge in [-0.05, 0) is 35.9 Å². The zero-order valence-electron chi connectivity index (χ0n) is 14.0. The van der Waals surface area contributed by atoms with Gasteiger partial charge in [-0.25, -0.2) is 9.50 Å². The van der Waals surface area contributed by atoms with Gasteiger partial charge in [0.05, 0.1) is 26.1 Å². The largest absolute Gasteiger partial charge is 0.493 e. The number of para-hydroxylation sites is 1. The molecule has 0 radical (unpaired) electrons. The number of halogens is 1. The van der Waals surface area contributed by atoms with Crippen molar-refractivity contribution in [2.75, 3.05) is 19.5 Å². The highest BCUT2D eigenvalue weighted by Crippen LogP contribution is 2.33. The van der Waals surface area contributed by atoms with Crippen molar-refractivity contribution in [1.82, 2.24) is 24.1 Å². The zero-order valence-corrected chi connectivity index (χ0v) is 14.8. The van der Waals surface area contributed by atoms with E-state index in [4.69, 9.17) is 21.1 Å². The molecule has 26 heavy (non-hydrogen) atoms. The highest BCUT2D eigenvalue weighted by atomic mass is 35.5. The maximum atomic E-state index is 5.98. The molecule has 3 aromatic heterocycles. The van der Waals surface area contributed by atoms with E-state index in [-0.39, 0.29) is 5.28 Å². The Kier molecular flexibility index (Phi) is 4.10. The van der Waals surface area contributed by atoms with E-state index in [0.717, 1.165) is 11.2 Å². The fraction of sp³-hybridized carbons (Fsp3) is 0.118. The number of nitrogens with one attached hydrogen (secondary N) is 1. The maximum absolute atomic E-state index is 5.98. The molecule has 0 fully saturated rings. The molecular weight excluding hydrogens is 356 g/mol. The third-order valence-corrected chi connectivity index (χ3v) is 4.01. The number of hydrogen-bond acceptors (Lipinski definition) is 6. The average Bonchev–Trinajstić information content (AvgIpc) is 3.30. The summed E-state index contributed by atoms with van der Waals surface area (Å²) in [6, 6.07) is 9.40. The van der Waals surface area contributed by atoms with Crippen LogP contribution in [0.15, 0.2) is 49.1 Å². The van der Waals surface area contributed by atoms with Gasteiger partial charge in [-0.1, -0.05) is 6.07 Å². The van der Waals surface area contributed by atoms with Crippen LogP contribution in [0.2, 0.25) is 5.28 Å². The molecule has 1 aromatic carbocycles. The standard InChI is InChI=1S/C17H15ClN6O2/c1-25-13-7-3-5-11(15(13)26-2)23-9-14(19-10-23)20-16-12-6-4-8-24(12)22-17(18)21-16/h3-10H,1-2H3,(H,20,21,22). The number of benzene rings is 1. The summed E-state index contributed by atoms with van der Waals surface area (Å²) in [6.45, 7) is 0. The van der Waals surface area contributed by atoms with Gasteiger partial charge >= 0.3 is 0 Å². The molecule has 132 valence electrons. The highest BCUT2D eigenvalue weighted by molar-refractivity contribution is 6.28. The van der Waals surface area contributed by atoms with Gasteiger partial charge in [0.15, 0.2) is 17.3 Å². The average molecular weight is 371 g/mol. The summed E-state index contributed by atoms with van der Waals surface area (Å²) in [7, 11) is 3.20. The molecule has 0 bridgehead atoms. The minimum atomic E-state index is 0.144. The Hall–Kier alpha value is -3.26. The first-order valence-electron chi connectivity index (χ1n) is 7.73. The molecule has 0 saturated heterocycles. The van der Waals surface area contributed by atoms with E-state index >= 15 is 0 Å². The Morgan fingerprint density at radius 3 is 2.81 bits per heavy atom. The molecule has 4 aromatic rings. The highest BCUT2D eigenvalue weighted by Gasteiger charge is 2.13. The lowest BCUT2D eigenvalue weighted by Gasteiger charge is -2.12. The number of anilines is 2. The minimum absolute atomic E-state index is 0.144. The number of methoxy groups -OCH3 is 2. The van der Waals surface area contributed by atoms with Gasteiger partial charge in [-0.15, -0.1) is 5.10 Å². The van der Waals surface area contributed by atoms with Gasteiger partial charge in [-0.2, -0.15) is 4.98 Å². The van der Waals surface area contributed by atoms with Crippen LogP contribution in [0.25, 0.3) is 11.2 Å². The van der Waals surface area contributed by atoms with Gasteiger partial charge in [-0.3, -0.25) is 0 Å². The molecule has 8 nitrogen and oxygen atoms in total. The van der Waals surface area contributed by atoms with Crippen molar-refractivity contribution in [3.05, 3.63) is 54.3 Å². The van der Waals surface area contributed by atoms with Crippen molar-refractivity contribution in [1.29, 1.82) is 0 Å². The number of fused-ring (bicyclic) bond motifs is 1. The fourth-order valence-corrected chi connectivity index (χ4v) is 2.88. The van der Waals surface area contributed by atoms with Crippen LogP contribution in [0.1, 0.15) is 0 Å². The monoisotopic (exact) mass is 370 g/mol. The van der Waals surface area contributed by atoms with Crippen molar-refractivity contribution in [2.24, 2.45) is 0 Å². The van der Waals surface area contributed by atoms with Crippen molar-refractivity contribution in [3.8, 4) is 17.2 Å². The van der Waals surface area contributed by atoms with Crippen molar-refractivity contribution in [2.45, 2.75) is 0 Å². The molecule has 4 rings (SSSR count). The Morgan fingerprint density at radius 2 is 2.00 bits per heavy atom. The summed E-state index contributed by atoms with van der Waals surface area (Å²) >= 11 is 5.98. The summed E-state index contributed by atoms with van der Waals surface area (Å²) in [5.41, 5.74) is 1.60. The van der Waals surface area contributed by atoms with E-state index in [1.165, 1.54) is 0 Å². The van der Waals surface area contributed by atoms with E-state index < -0.39 is 0 Å². The smallest absolute Gasteiger partial charge is 0.243 e. The number of imidazole rings is 1.